The Morgan fingerprint density at radius 3 is 2.37 bits per heavy atom. The molecule has 1 fully saturated rings. The molecule has 4 nitrogen and oxygen atoms in total. The minimum atomic E-state index is -0.771. The molecule has 1 atom stereocenters. The predicted molar refractivity (Wildman–Crippen MR) is 73.8 cm³/mol. The third-order valence-electron chi connectivity index (χ3n) is 3.60. The Hall–Kier alpha value is -1.84. The molecule has 2 rings (SSSR count). The number of hydrogen-bond acceptors (Lipinski definition) is 2. The van der Waals surface area contributed by atoms with Crippen LogP contribution in [0.3, 0.4) is 0 Å². The van der Waals surface area contributed by atoms with E-state index in [1.807, 2.05) is 18.2 Å². The van der Waals surface area contributed by atoms with Gasteiger partial charge in [0.25, 0.3) is 5.91 Å². The molecular weight excluding hydrogens is 240 g/mol. The molecule has 0 spiro atoms. The van der Waals surface area contributed by atoms with Gasteiger partial charge in [0.15, 0.2) is 0 Å². The van der Waals surface area contributed by atoms with Crippen molar-refractivity contribution in [3.63, 3.8) is 0 Å². The molecule has 3 amide bonds. The lowest BCUT2D eigenvalue weighted by atomic mass is 9.97. The van der Waals surface area contributed by atoms with Gasteiger partial charge >= 0.3 is 6.03 Å². The first-order valence-electron chi connectivity index (χ1n) is 6.61. The zero-order valence-electron chi connectivity index (χ0n) is 11.6. The summed E-state index contributed by atoms with van der Waals surface area (Å²) in [6.07, 6.45) is 0.777. The Bertz CT molecular complexity index is 482. The summed E-state index contributed by atoms with van der Waals surface area (Å²) < 4.78 is 0. The number of rotatable bonds is 4. The van der Waals surface area contributed by atoms with E-state index in [2.05, 4.69) is 24.4 Å². The van der Waals surface area contributed by atoms with Crippen LogP contribution in [-0.4, -0.2) is 28.9 Å². The van der Waals surface area contributed by atoms with E-state index in [1.165, 1.54) is 10.5 Å². The van der Waals surface area contributed by atoms with Crippen LogP contribution in [0.5, 0.6) is 0 Å². The molecule has 0 bridgehead atoms. The summed E-state index contributed by atoms with van der Waals surface area (Å²) in [5, 5.41) is 2.69. The summed E-state index contributed by atoms with van der Waals surface area (Å²) in [6.45, 7) is 6.03. The van der Waals surface area contributed by atoms with Crippen molar-refractivity contribution in [2.45, 2.75) is 38.6 Å². The number of nitrogens with one attached hydrogen (secondary N) is 1. The van der Waals surface area contributed by atoms with Gasteiger partial charge in [0, 0.05) is 6.54 Å². The smallest absolute Gasteiger partial charge is 0.324 e. The van der Waals surface area contributed by atoms with Gasteiger partial charge in [-0.05, 0) is 31.7 Å². The SMILES string of the molecule is CC(CCN1C(=O)NC(C)(C)C1=O)c1ccccc1. The zero-order valence-corrected chi connectivity index (χ0v) is 11.6. The van der Waals surface area contributed by atoms with Crippen molar-refractivity contribution in [3.8, 4) is 0 Å². The van der Waals surface area contributed by atoms with Gasteiger partial charge in [-0.1, -0.05) is 37.3 Å². The molecule has 1 aromatic carbocycles. The van der Waals surface area contributed by atoms with Gasteiger partial charge in [-0.25, -0.2) is 4.79 Å². The van der Waals surface area contributed by atoms with Crippen molar-refractivity contribution in [1.29, 1.82) is 0 Å². The summed E-state index contributed by atoms with van der Waals surface area (Å²) in [5.74, 6) is 0.184. The highest BCUT2D eigenvalue weighted by molar-refractivity contribution is 6.06. The highest BCUT2D eigenvalue weighted by Gasteiger charge is 2.43. The van der Waals surface area contributed by atoms with Crippen LogP contribution >= 0.6 is 0 Å². The number of imide groups is 1. The fourth-order valence-electron chi connectivity index (χ4n) is 2.29. The fraction of sp³-hybridized carbons (Fsp3) is 0.467. The second-order valence-electron chi connectivity index (χ2n) is 5.61. The third kappa shape index (κ3) is 2.78. The lowest BCUT2D eigenvalue weighted by Crippen LogP contribution is -2.40. The van der Waals surface area contributed by atoms with Crippen LogP contribution in [0, 0.1) is 0 Å². The minimum Gasteiger partial charge on any atom is -0.324 e. The molecule has 1 aliphatic heterocycles. The standard InChI is InChI=1S/C15H20N2O2/c1-11(12-7-5-4-6-8-12)9-10-17-13(18)15(2,3)16-14(17)19/h4-8,11H,9-10H2,1-3H3,(H,16,19). The molecule has 0 saturated carbocycles. The molecule has 19 heavy (non-hydrogen) atoms. The number of hydrogen-bond donors (Lipinski definition) is 1. The molecule has 0 aromatic heterocycles. The summed E-state index contributed by atoms with van der Waals surface area (Å²) >= 11 is 0. The van der Waals surface area contributed by atoms with Crippen molar-refractivity contribution in [2.24, 2.45) is 0 Å². The minimum absolute atomic E-state index is 0.141. The lowest BCUT2D eigenvalue weighted by molar-refractivity contribution is -0.130. The number of carbonyl (C=O) groups is 2. The van der Waals surface area contributed by atoms with Crippen LogP contribution in [0.2, 0.25) is 0 Å². The molecule has 1 saturated heterocycles. The average Bonchev–Trinajstić information content (AvgIpc) is 2.57. The largest absolute Gasteiger partial charge is 0.325 e. The number of nitrogens with zero attached hydrogens (tertiary/aromatic N) is 1. The molecule has 1 unspecified atom stereocenters. The number of amides is 3. The highest BCUT2D eigenvalue weighted by atomic mass is 16.2. The van der Waals surface area contributed by atoms with Crippen LogP contribution in [-0.2, 0) is 4.79 Å². The van der Waals surface area contributed by atoms with Crippen molar-refractivity contribution in [2.75, 3.05) is 6.54 Å². The first-order chi connectivity index (χ1) is 8.92. The second kappa shape index (κ2) is 5.03. The molecule has 1 aliphatic rings. The van der Waals surface area contributed by atoms with E-state index < -0.39 is 5.54 Å². The molecule has 0 aliphatic carbocycles. The van der Waals surface area contributed by atoms with E-state index >= 15 is 0 Å². The van der Waals surface area contributed by atoms with E-state index in [-0.39, 0.29) is 11.9 Å². The maximum Gasteiger partial charge on any atom is 0.325 e. The van der Waals surface area contributed by atoms with Crippen molar-refractivity contribution in [1.82, 2.24) is 10.2 Å². The van der Waals surface area contributed by atoms with Gasteiger partial charge in [0.2, 0.25) is 0 Å². The van der Waals surface area contributed by atoms with Crippen LogP contribution in [0.25, 0.3) is 0 Å². The lowest BCUT2D eigenvalue weighted by Gasteiger charge is -2.18. The predicted octanol–water partition coefficient (Wildman–Crippen LogP) is 2.51. The van der Waals surface area contributed by atoms with Crippen LogP contribution in [0.1, 0.15) is 38.7 Å². The Kier molecular flexibility index (Phi) is 3.60. The van der Waals surface area contributed by atoms with Gasteiger partial charge < -0.3 is 5.32 Å². The van der Waals surface area contributed by atoms with E-state index in [1.54, 1.807) is 13.8 Å². The van der Waals surface area contributed by atoms with Crippen LogP contribution in [0.4, 0.5) is 4.79 Å². The van der Waals surface area contributed by atoms with Gasteiger partial charge in [-0.15, -0.1) is 0 Å². The monoisotopic (exact) mass is 260 g/mol. The van der Waals surface area contributed by atoms with E-state index in [9.17, 15) is 9.59 Å². The van der Waals surface area contributed by atoms with Gasteiger partial charge in [-0.2, -0.15) is 0 Å². The van der Waals surface area contributed by atoms with Crippen LogP contribution < -0.4 is 5.32 Å². The van der Waals surface area contributed by atoms with Gasteiger partial charge in [-0.3, -0.25) is 9.69 Å². The second-order valence-corrected chi connectivity index (χ2v) is 5.61. The highest BCUT2D eigenvalue weighted by Crippen LogP contribution is 2.22. The van der Waals surface area contributed by atoms with Crippen molar-refractivity contribution < 1.29 is 9.59 Å². The molecule has 1 N–H and O–H groups in total. The Labute approximate surface area is 113 Å². The Balaban J connectivity index is 1.96. The van der Waals surface area contributed by atoms with Gasteiger partial charge in [0.05, 0.1) is 0 Å². The quantitative estimate of drug-likeness (QED) is 0.846. The first kappa shape index (κ1) is 13.6. The maximum atomic E-state index is 12.0. The normalized spacial score (nSPS) is 19.4. The maximum absolute atomic E-state index is 12.0. The molecule has 0 radical (unpaired) electrons. The fourth-order valence-corrected chi connectivity index (χ4v) is 2.29. The summed E-state index contributed by atoms with van der Waals surface area (Å²) in [5.41, 5.74) is 0.460. The molecule has 1 heterocycles. The summed E-state index contributed by atoms with van der Waals surface area (Å²) in [7, 11) is 0. The number of carbonyl (C=O) groups excluding carboxylic acids is 2. The number of benzene rings is 1. The first-order valence-corrected chi connectivity index (χ1v) is 6.61. The Morgan fingerprint density at radius 2 is 1.84 bits per heavy atom. The Morgan fingerprint density at radius 1 is 1.21 bits per heavy atom. The van der Waals surface area contributed by atoms with E-state index in [0.29, 0.717) is 12.5 Å². The number of urea groups is 1. The summed E-state index contributed by atoms with van der Waals surface area (Å²) in [4.78, 5) is 25.1. The van der Waals surface area contributed by atoms with Crippen molar-refractivity contribution in [3.05, 3.63) is 35.9 Å². The molecule has 1 aromatic rings. The third-order valence-corrected chi connectivity index (χ3v) is 3.60. The molecular formula is C15H20N2O2. The molecule has 102 valence electrons. The van der Waals surface area contributed by atoms with Gasteiger partial charge in [0.1, 0.15) is 5.54 Å². The van der Waals surface area contributed by atoms with Crippen LogP contribution in [0.15, 0.2) is 30.3 Å². The van der Waals surface area contributed by atoms with E-state index in [0.717, 1.165) is 6.42 Å². The average molecular weight is 260 g/mol. The topological polar surface area (TPSA) is 49.4 Å². The zero-order chi connectivity index (χ0) is 14.0. The van der Waals surface area contributed by atoms with E-state index in [4.69, 9.17) is 0 Å². The summed E-state index contributed by atoms with van der Waals surface area (Å²) in [6, 6.07) is 9.85. The van der Waals surface area contributed by atoms with Crippen molar-refractivity contribution >= 4 is 11.9 Å². The molecule has 4 heteroatoms.